The predicted molar refractivity (Wildman–Crippen MR) is 136 cm³/mol. The summed E-state index contributed by atoms with van der Waals surface area (Å²) in [4.78, 5) is 17.4. The maximum absolute atomic E-state index is 12.4. The zero-order chi connectivity index (χ0) is 23.7. The molecule has 0 bridgehead atoms. The molecule has 10 heteroatoms. The summed E-state index contributed by atoms with van der Waals surface area (Å²) in [5.74, 6) is 0.763. The molecular formula is C24H22N4O3S3. The van der Waals surface area contributed by atoms with Gasteiger partial charge in [-0.1, -0.05) is 23.8 Å². The van der Waals surface area contributed by atoms with Gasteiger partial charge in [-0.2, -0.15) is 8.42 Å². The second-order valence-electron chi connectivity index (χ2n) is 7.93. The average Bonchev–Trinajstić information content (AvgIpc) is 3.56. The van der Waals surface area contributed by atoms with Gasteiger partial charge in [0.15, 0.2) is 0 Å². The summed E-state index contributed by atoms with van der Waals surface area (Å²) >= 11 is 3.16. The number of aromatic amines is 1. The summed E-state index contributed by atoms with van der Waals surface area (Å²) in [5.41, 5.74) is 7.42. The monoisotopic (exact) mass is 510 g/mol. The Kier molecular flexibility index (Phi) is 6.30. The van der Waals surface area contributed by atoms with Crippen LogP contribution in [0, 0.1) is 13.8 Å². The first-order valence-electron chi connectivity index (χ1n) is 10.7. The molecule has 0 saturated heterocycles. The third-order valence-corrected chi connectivity index (χ3v) is 8.39. The Hall–Kier alpha value is -2.92. The molecule has 7 nitrogen and oxygen atoms in total. The van der Waals surface area contributed by atoms with Crippen molar-refractivity contribution in [2.24, 2.45) is 0 Å². The number of aryl methyl sites for hydroxylation is 3. The number of benzene rings is 2. The van der Waals surface area contributed by atoms with Crippen molar-refractivity contribution in [3.8, 4) is 22.0 Å². The minimum Gasteiger partial charge on any atom is -0.339 e. The Morgan fingerprint density at radius 3 is 2.62 bits per heavy atom. The zero-order valence-corrected chi connectivity index (χ0v) is 21.1. The van der Waals surface area contributed by atoms with Gasteiger partial charge in [0.05, 0.1) is 32.9 Å². The lowest BCUT2D eigenvalue weighted by atomic mass is 10.1. The highest BCUT2D eigenvalue weighted by atomic mass is 32.2. The zero-order valence-electron chi connectivity index (χ0n) is 18.6. The van der Waals surface area contributed by atoms with E-state index in [0.29, 0.717) is 12.8 Å². The lowest BCUT2D eigenvalue weighted by molar-refractivity contribution is 0.311. The van der Waals surface area contributed by atoms with Gasteiger partial charge in [0.2, 0.25) is 0 Å². The van der Waals surface area contributed by atoms with Crippen LogP contribution in [0.15, 0.2) is 58.3 Å². The Morgan fingerprint density at radius 2 is 1.85 bits per heavy atom. The van der Waals surface area contributed by atoms with E-state index in [1.807, 2.05) is 36.9 Å². The van der Waals surface area contributed by atoms with E-state index in [-0.39, 0.29) is 11.5 Å². The van der Waals surface area contributed by atoms with Crippen LogP contribution in [-0.2, 0) is 20.7 Å². The van der Waals surface area contributed by atoms with E-state index in [4.69, 9.17) is 9.17 Å². The summed E-state index contributed by atoms with van der Waals surface area (Å²) in [5, 5.41) is 2.88. The van der Waals surface area contributed by atoms with Crippen LogP contribution >= 0.6 is 22.7 Å². The van der Waals surface area contributed by atoms with Crippen molar-refractivity contribution in [1.82, 2.24) is 19.9 Å². The van der Waals surface area contributed by atoms with Crippen LogP contribution in [-0.4, -0.2) is 35.0 Å². The summed E-state index contributed by atoms with van der Waals surface area (Å²) < 4.78 is 31.2. The summed E-state index contributed by atoms with van der Waals surface area (Å²) in [6.07, 6.45) is 1.05. The van der Waals surface area contributed by atoms with E-state index >= 15 is 0 Å². The highest BCUT2D eigenvalue weighted by molar-refractivity contribution is 7.86. The molecule has 5 rings (SSSR count). The molecule has 0 amide bonds. The van der Waals surface area contributed by atoms with Crippen molar-refractivity contribution < 1.29 is 12.6 Å². The second-order valence-corrected chi connectivity index (χ2v) is 11.3. The van der Waals surface area contributed by atoms with E-state index < -0.39 is 10.1 Å². The number of imidazole rings is 1. The molecule has 0 aliphatic carbocycles. The minimum absolute atomic E-state index is 0.0742. The molecule has 0 aliphatic heterocycles. The molecular weight excluding hydrogens is 488 g/mol. The van der Waals surface area contributed by atoms with Gasteiger partial charge in [-0.15, -0.1) is 22.7 Å². The second kappa shape index (κ2) is 9.38. The third kappa shape index (κ3) is 4.80. The van der Waals surface area contributed by atoms with Gasteiger partial charge >= 0.3 is 0 Å². The Balaban J connectivity index is 1.34. The van der Waals surface area contributed by atoms with Gasteiger partial charge in [0, 0.05) is 23.1 Å². The molecule has 1 N–H and O–H groups in total. The molecule has 34 heavy (non-hydrogen) atoms. The number of nitrogens with zero attached hydrogens (tertiary/aromatic N) is 3. The van der Waals surface area contributed by atoms with Crippen molar-refractivity contribution in [2.75, 3.05) is 6.61 Å². The summed E-state index contributed by atoms with van der Waals surface area (Å²) in [6, 6.07) is 12.7. The molecule has 0 atom stereocenters. The first-order valence-corrected chi connectivity index (χ1v) is 13.9. The van der Waals surface area contributed by atoms with Crippen LogP contribution in [0.1, 0.15) is 23.5 Å². The topological polar surface area (TPSA) is 97.8 Å². The molecule has 0 fully saturated rings. The number of nitrogens with one attached hydrogen (secondary N) is 1. The van der Waals surface area contributed by atoms with Crippen LogP contribution in [0.5, 0.6) is 0 Å². The molecule has 3 aromatic heterocycles. The fraction of sp³-hybridized carbons (Fsp3) is 0.208. The molecule has 0 radical (unpaired) electrons. The fourth-order valence-corrected chi connectivity index (χ4v) is 6.01. The van der Waals surface area contributed by atoms with Crippen LogP contribution in [0.2, 0.25) is 0 Å². The van der Waals surface area contributed by atoms with Crippen molar-refractivity contribution in [1.29, 1.82) is 0 Å². The number of thiazole rings is 2. The molecule has 0 saturated carbocycles. The van der Waals surface area contributed by atoms with Crippen LogP contribution in [0.25, 0.3) is 32.2 Å². The number of aromatic nitrogens is 4. The van der Waals surface area contributed by atoms with Crippen molar-refractivity contribution in [3.05, 3.63) is 70.4 Å². The molecule has 0 aliphatic rings. The standard InChI is InChI=1S/C24H22N4O3S3/c1-15-5-8-18(9-6-15)34(29,30)31-11-3-4-21-27-22(23(28-21)24-26-16(2)13-32-24)17-7-10-19-20(12-17)33-14-25-19/h5-10,12-14H,3-4,11H2,1-2H3,(H,27,28). The number of fused-ring (bicyclic) bond motifs is 1. The lowest BCUT2D eigenvalue weighted by Gasteiger charge is -2.05. The average molecular weight is 511 g/mol. The largest absolute Gasteiger partial charge is 0.339 e. The van der Waals surface area contributed by atoms with E-state index in [9.17, 15) is 8.42 Å². The Bertz CT molecular complexity index is 1550. The molecule has 3 heterocycles. The number of hydrogen-bond donors (Lipinski definition) is 1. The first kappa shape index (κ1) is 22.9. The van der Waals surface area contributed by atoms with Crippen molar-refractivity contribution in [2.45, 2.75) is 31.6 Å². The Labute approximate surface area is 205 Å². The lowest BCUT2D eigenvalue weighted by Crippen LogP contribution is -2.08. The predicted octanol–water partition coefficient (Wildman–Crippen LogP) is 5.76. The maximum Gasteiger partial charge on any atom is 0.296 e. The molecule has 174 valence electrons. The Morgan fingerprint density at radius 1 is 1.03 bits per heavy atom. The first-order chi connectivity index (χ1) is 16.4. The summed E-state index contributed by atoms with van der Waals surface area (Å²) in [7, 11) is -3.78. The van der Waals surface area contributed by atoms with Crippen LogP contribution < -0.4 is 0 Å². The highest BCUT2D eigenvalue weighted by Gasteiger charge is 2.18. The van der Waals surface area contributed by atoms with E-state index in [0.717, 1.165) is 49.3 Å². The summed E-state index contributed by atoms with van der Waals surface area (Å²) in [6.45, 7) is 3.95. The molecule has 0 spiro atoms. The van der Waals surface area contributed by atoms with Gasteiger partial charge in [0.25, 0.3) is 10.1 Å². The van der Waals surface area contributed by atoms with E-state index in [1.54, 1.807) is 46.9 Å². The van der Waals surface area contributed by atoms with Gasteiger partial charge in [-0.05, 0) is 44.5 Å². The quantitative estimate of drug-likeness (QED) is 0.210. The maximum atomic E-state index is 12.4. The van der Waals surface area contributed by atoms with Crippen molar-refractivity contribution >= 4 is 43.0 Å². The third-order valence-electron chi connectivity index (χ3n) is 5.30. The van der Waals surface area contributed by atoms with Crippen LogP contribution in [0.3, 0.4) is 0 Å². The van der Waals surface area contributed by atoms with Gasteiger partial charge in [0.1, 0.15) is 16.5 Å². The van der Waals surface area contributed by atoms with Crippen LogP contribution in [0.4, 0.5) is 0 Å². The van der Waals surface area contributed by atoms with Crippen molar-refractivity contribution in [3.63, 3.8) is 0 Å². The number of H-pyrrole nitrogens is 1. The SMILES string of the molecule is Cc1ccc(S(=O)(=O)OCCCc2nc(-c3ccc4ncsc4c3)c(-c3nc(C)cs3)[nH]2)cc1. The van der Waals surface area contributed by atoms with Gasteiger partial charge in [-0.3, -0.25) is 4.18 Å². The number of hydrogen-bond acceptors (Lipinski definition) is 8. The molecule has 2 aromatic carbocycles. The highest BCUT2D eigenvalue weighted by Crippen LogP contribution is 2.34. The van der Waals surface area contributed by atoms with E-state index in [2.05, 4.69) is 21.0 Å². The normalized spacial score (nSPS) is 11.9. The smallest absolute Gasteiger partial charge is 0.296 e. The van der Waals surface area contributed by atoms with E-state index in [1.165, 1.54) is 0 Å². The minimum atomic E-state index is -3.78. The van der Waals surface area contributed by atoms with Gasteiger partial charge < -0.3 is 4.98 Å². The molecule has 0 unspecified atom stereocenters. The fourth-order valence-electron chi connectivity index (χ4n) is 3.56. The number of rotatable bonds is 8. The molecule has 5 aromatic rings. The van der Waals surface area contributed by atoms with Gasteiger partial charge in [-0.25, -0.2) is 15.0 Å².